The smallest absolute Gasteiger partial charge is 0.351 e. The Balaban J connectivity index is 1.66. The van der Waals surface area contributed by atoms with E-state index >= 15 is 0 Å². The number of Topliss-reactive ketones (excluding diaryl/α,β-unsaturated/α-hetero) is 1. The van der Waals surface area contributed by atoms with E-state index in [-0.39, 0.29) is 10.8 Å². The molecular weight excluding hydrogens is 363 g/mol. The molecule has 1 heterocycles. The Bertz CT molecular complexity index is 813. The lowest BCUT2D eigenvalue weighted by atomic mass is 9.92. The van der Waals surface area contributed by atoms with Crippen molar-refractivity contribution in [2.24, 2.45) is 0 Å². The molecule has 1 aliphatic carbocycles. The van der Waals surface area contributed by atoms with E-state index < -0.39 is 22.7 Å². The third kappa shape index (κ3) is 4.15. The normalized spacial score (nSPS) is 17.3. The van der Waals surface area contributed by atoms with Crippen molar-refractivity contribution < 1.29 is 22.8 Å². The highest BCUT2D eigenvalue weighted by molar-refractivity contribution is 7.16. The molecule has 3 nitrogen and oxygen atoms in total. The molecular formula is C19H18F3NO2S. The van der Waals surface area contributed by atoms with E-state index in [9.17, 15) is 22.8 Å². The lowest BCUT2D eigenvalue weighted by molar-refractivity contribution is -0.0882. The van der Waals surface area contributed by atoms with Gasteiger partial charge in [-0.15, -0.1) is 11.3 Å². The van der Waals surface area contributed by atoms with Crippen molar-refractivity contribution in [3.05, 3.63) is 57.3 Å². The first-order chi connectivity index (χ1) is 12.4. The summed E-state index contributed by atoms with van der Waals surface area (Å²) in [4.78, 5) is 23.2. The highest BCUT2D eigenvalue weighted by Crippen LogP contribution is 2.30. The number of hydrogen-bond donors (Lipinski definition) is 1. The van der Waals surface area contributed by atoms with Crippen LogP contribution in [0.5, 0.6) is 0 Å². The van der Waals surface area contributed by atoms with Crippen LogP contribution >= 0.6 is 11.3 Å². The molecule has 0 aliphatic heterocycles. The first kappa shape index (κ1) is 18.6. The first-order valence-electron chi connectivity index (χ1n) is 8.43. The number of carbonyl (C=O) groups excluding carboxylic acids is 2. The van der Waals surface area contributed by atoms with Gasteiger partial charge in [0.15, 0.2) is 0 Å². The summed E-state index contributed by atoms with van der Waals surface area (Å²) < 4.78 is 37.4. The highest BCUT2D eigenvalue weighted by atomic mass is 32.1. The van der Waals surface area contributed by atoms with Crippen LogP contribution in [0.3, 0.4) is 0 Å². The van der Waals surface area contributed by atoms with Gasteiger partial charge in [-0.3, -0.25) is 9.59 Å². The number of fused-ring (bicyclic) bond motifs is 1. The van der Waals surface area contributed by atoms with E-state index in [4.69, 9.17) is 0 Å². The summed E-state index contributed by atoms with van der Waals surface area (Å²) in [5, 5.41) is 2.81. The van der Waals surface area contributed by atoms with Crippen molar-refractivity contribution in [3.63, 3.8) is 0 Å². The zero-order chi connectivity index (χ0) is 18.7. The number of aryl methyl sites for hydroxylation is 1. The highest BCUT2D eigenvalue weighted by Gasteiger charge is 2.40. The van der Waals surface area contributed by atoms with E-state index in [1.165, 1.54) is 17.2 Å². The number of ketones is 1. The quantitative estimate of drug-likeness (QED) is 0.615. The summed E-state index contributed by atoms with van der Waals surface area (Å²) >= 11 is 0.571. The predicted octanol–water partition coefficient (Wildman–Crippen LogP) is 4.73. The topological polar surface area (TPSA) is 46.2 Å². The average molecular weight is 381 g/mol. The van der Waals surface area contributed by atoms with Crippen LogP contribution in [0.2, 0.25) is 0 Å². The molecule has 0 saturated carbocycles. The fourth-order valence-corrected chi connectivity index (χ4v) is 4.14. The van der Waals surface area contributed by atoms with Crippen LogP contribution in [0.4, 0.5) is 13.2 Å². The zero-order valence-corrected chi connectivity index (χ0v) is 14.8. The standard InChI is InChI=1S/C19H18F3NO2S/c20-19(21,22)17(24)15-9-10-16(26-15)18(25)23-11-13-7-2-1-5-12-6-3-4-8-14(12)13/h3-4,6,8-10,13H,1-2,5,7,11H2,(H,23,25). The molecule has 0 saturated heterocycles. The third-order valence-corrected chi connectivity index (χ3v) is 5.65. The molecule has 2 aromatic rings. The molecule has 1 unspecified atom stereocenters. The van der Waals surface area contributed by atoms with E-state index in [0.717, 1.165) is 31.7 Å². The SMILES string of the molecule is O=C(NCC1CCCCc2ccccc21)c1ccc(C(=O)C(F)(F)F)s1. The van der Waals surface area contributed by atoms with Crippen LogP contribution in [0.25, 0.3) is 0 Å². The fourth-order valence-electron chi connectivity index (χ4n) is 3.26. The van der Waals surface area contributed by atoms with Crippen molar-refractivity contribution in [3.8, 4) is 0 Å². The van der Waals surface area contributed by atoms with E-state index in [1.54, 1.807) is 0 Å². The van der Waals surface area contributed by atoms with E-state index in [1.807, 2.05) is 12.1 Å². The van der Waals surface area contributed by atoms with Crippen LogP contribution in [0.15, 0.2) is 36.4 Å². The van der Waals surface area contributed by atoms with Gasteiger partial charge >= 0.3 is 6.18 Å². The van der Waals surface area contributed by atoms with Gasteiger partial charge in [0.2, 0.25) is 0 Å². The van der Waals surface area contributed by atoms with Crippen molar-refractivity contribution >= 4 is 23.0 Å². The molecule has 0 spiro atoms. The van der Waals surface area contributed by atoms with Crippen LogP contribution in [-0.4, -0.2) is 24.4 Å². The molecule has 0 bridgehead atoms. The number of rotatable bonds is 4. The van der Waals surface area contributed by atoms with Gasteiger partial charge in [-0.2, -0.15) is 13.2 Å². The summed E-state index contributed by atoms with van der Waals surface area (Å²) in [6.45, 7) is 0.427. The summed E-state index contributed by atoms with van der Waals surface area (Å²) in [5.74, 6) is -2.17. The molecule has 0 radical (unpaired) electrons. The second-order valence-electron chi connectivity index (χ2n) is 6.34. The Morgan fingerprint density at radius 2 is 1.81 bits per heavy atom. The Hall–Kier alpha value is -2.15. The molecule has 0 fully saturated rings. The van der Waals surface area contributed by atoms with Gasteiger partial charge in [0.05, 0.1) is 9.75 Å². The summed E-state index contributed by atoms with van der Waals surface area (Å²) in [7, 11) is 0. The Kier molecular flexibility index (Phi) is 5.46. The minimum atomic E-state index is -4.93. The molecule has 1 N–H and O–H groups in total. The minimum absolute atomic E-state index is 0.111. The van der Waals surface area contributed by atoms with Gasteiger partial charge in [0.1, 0.15) is 0 Å². The summed E-state index contributed by atoms with van der Waals surface area (Å²) in [5.41, 5.74) is 2.52. The number of amides is 1. The number of carbonyl (C=O) groups is 2. The summed E-state index contributed by atoms with van der Waals surface area (Å²) in [6.07, 6.45) is -0.773. The molecule has 26 heavy (non-hydrogen) atoms. The van der Waals surface area contributed by atoms with Crippen LogP contribution in [0, 0.1) is 0 Å². The molecule has 1 amide bonds. The lowest BCUT2D eigenvalue weighted by Crippen LogP contribution is -2.28. The summed E-state index contributed by atoms with van der Waals surface area (Å²) in [6, 6.07) is 10.5. The van der Waals surface area contributed by atoms with Gasteiger partial charge in [-0.1, -0.05) is 30.7 Å². The van der Waals surface area contributed by atoms with E-state index in [2.05, 4.69) is 17.4 Å². The second-order valence-corrected chi connectivity index (χ2v) is 7.43. The lowest BCUT2D eigenvalue weighted by Gasteiger charge is -2.18. The Morgan fingerprint density at radius 1 is 1.08 bits per heavy atom. The van der Waals surface area contributed by atoms with Crippen molar-refractivity contribution in [1.82, 2.24) is 5.32 Å². The molecule has 7 heteroatoms. The monoisotopic (exact) mass is 381 g/mol. The largest absolute Gasteiger partial charge is 0.455 e. The molecule has 1 atom stereocenters. The number of halogens is 3. The van der Waals surface area contributed by atoms with Gasteiger partial charge in [-0.25, -0.2) is 0 Å². The van der Waals surface area contributed by atoms with Crippen LogP contribution in [0.1, 0.15) is 55.7 Å². The fraction of sp³-hybridized carbons (Fsp3) is 0.368. The Labute approximate surface area is 153 Å². The van der Waals surface area contributed by atoms with Crippen molar-refractivity contribution in [1.29, 1.82) is 0 Å². The maximum Gasteiger partial charge on any atom is 0.455 e. The van der Waals surface area contributed by atoms with Crippen LogP contribution < -0.4 is 5.32 Å². The van der Waals surface area contributed by atoms with E-state index in [0.29, 0.717) is 17.9 Å². The maximum atomic E-state index is 12.5. The van der Waals surface area contributed by atoms with Gasteiger partial charge < -0.3 is 5.32 Å². The number of alkyl halides is 3. The molecule has 1 aromatic heterocycles. The van der Waals surface area contributed by atoms with Crippen molar-refractivity contribution in [2.75, 3.05) is 6.54 Å². The molecule has 1 aliphatic rings. The first-order valence-corrected chi connectivity index (χ1v) is 9.25. The van der Waals surface area contributed by atoms with Gasteiger partial charge in [0, 0.05) is 12.5 Å². The molecule has 1 aromatic carbocycles. The van der Waals surface area contributed by atoms with Crippen LogP contribution in [-0.2, 0) is 6.42 Å². The van der Waals surface area contributed by atoms with Crippen molar-refractivity contribution in [2.45, 2.75) is 37.8 Å². The molecule has 138 valence electrons. The average Bonchev–Trinajstić information content (AvgIpc) is 3.01. The number of nitrogens with one attached hydrogen (secondary N) is 1. The number of thiophene rings is 1. The predicted molar refractivity (Wildman–Crippen MR) is 93.8 cm³/mol. The molecule has 3 rings (SSSR count). The second kappa shape index (κ2) is 7.61. The minimum Gasteiger partial charge on any atom is -0.351 e. The Morgan fingerprint density at radius 3 is 2.58 bits per heavy atom. The number of benzene rings is 1. The third-order valence-electron chi connectivity index (χ3n) is 4.56. The van der Waals surface area contributed by atoms with Gasteiger partial charge in [0.25, 0.3) is 11.7 Å². The zero-order valence-electron chi connectivity index (χ0n) is 13.9. The number of hydrogen-bond acceptors (Lipinski definition) is 3. The van der Waals surface area contributed by atoms with Gasteiger partial charge in [-0.05, 0) is 42.5 Å². The maximum absolute atomic E-state index is 12.5.